The number of hydrogen-bond acceptors (Lipinski definition) is 1. The average molecular weight is 666 g/mol. The van der Waals surface area contributed by atoms with E-state index >= 15 is 0 Å². The molecule has 0 atom stereocenters. The van der Waals surface area contributed by atoms with Crippen molar-refractivity contribution in [3.05, 3.63) is 163 Å². The fourth-order valence-electron chi connectivity index (χ4n) is 9.81. The molecule has 2 aliphatic carbocycles. The van der Waals surface area contributed by atoms with E-state index in [4.69, 9.17) is 0 Å². The predicted octanol–water partition coefficient (Wildman–Crippen LogP) is 13.9. The number of fused-ring (bicyclic) bond motifs is 15. The summed E-state index contributed by atoms with van der Waals surface area (Å²) >= 11 is 1.94. The van der Waals surface area contributed by atoms with Crippen molar-refractivity contribution in [1.82, 2.24) is 4.57 Å². The van der Waals surface area contributed by atoms with Gasteiger partial charge in [0.1, 0.15) is 0 Å². The zero-order valence-electron chi connectivity index (χ0n) is 28.3. The number of benzene rings is 8. The van der Waals surface area contributed by atoms with E-state index < -0.39 is 0 Å². The summed E-state index contributed by atoms with van der Waals surface area (Å²) in [5.74, 6) is 0. The highest BCUT2D eigenvalue weighted by atomic mass is 32.1. The van der Waals surface area contributed by atoms with Crippen molar-refractivity contribution in [1.29, 1.82) is 0 Å². The second-order valence-corrected chi connectivity index (χ2v) is 15.8. The van der Waals surface area contributed by atoms with Crippen molar-refractivity contribution in [3.8, 4) is 50.2 Å². The molecule has 0 saturated carbocycles. The summed E-state index contributed by atoms with van der Waals surface area (Å²) in [7, 11) is 0. The van der Waals surface area contributed by atoms with Crippen molar-refractivity contribution in [2.24, 2.45) is 0 Å². The normalized spacial score (nSPS) is 13.8. The Hall–Kier alpha value is -5.96. The lowest BCUT2D eigenvalue weighted by atomic mass is 9.80. The molecule has 238 valence electrons. The first kappa shape index (κ1) is 27.8. The van der Waals surface area contributed by atoms with Crippen LogP contribution in [0.15, 0.2) is 152 Å². The highest BCUT2D eigenvalue weighted by Gasteiger charge is 2.40. The fraction of sp³-hybridized carbons (Fsp3) is 0.0612. The maximum absolute atomic E-state index is 2.55. The molecule has 0 saturated heterocycles. The van der Waals surface area contributed by atoms with E-state index in [0.29, 0.717) is 0 Å². The van der Waals surface area contributed by atoms with Gasteiger partial charge in [0, 0.05) is 37.3 Å². The molecule has 51 heavy (non-hydrogen) atoms. The number of rotatable bonds is 2. The monoisotopic (exact) mass is 665 g/mol. The minimum absolute atomic E-state index is 0.143. The van der Waals surface area contributed by atoms with Crippen LogP contribution >= 0.6 is 11.3 Å². The van der Waals surface area contributed by atoms with Crippen LogP contribution < -0.4 is 0 Å². The van der Waals surface area contributed by atoms with E-state index in [1.165, 1.54) is 114 Å². The highest BCUT2D eigenvalue weighted by molar-refractivity contribution is 7.26. The van der Waals surface area contributed by atoms with Crippen LogP contribution in [0.3, 0.4) is 0 Å². The standard InChI is InChI=1S/C49H31NS/c1-49(2)39-19-8-5-14-36(39)43-44-38-16-7-10-21-41(38)51-48(44)47-45(46(43)49)37-15-6-9-20-40(37)50(47)29-24-22-28(23-25-29)30-26-27-35-32-13-4-3-12-31(32)34-18-11-17-33(30)42(34)35/h3-27H,1-2H3. The molecule has 0 bridgehead atoms. The molecule has 2 heteroatoms. The Morgan fingerprint density at radius 3 is 1.92 bits per heavy atom. The smallest absolute Gasteiger partial charge is 0.0723 e. The molecule has 2 aromatic heterocycles. The Kier molecular flexibility index (Phi) is 5.25. The van der Waals surface area contributed by atoms with Crippen molar-refractivity contribution < 1.29 is 0 Å². The molecule has 0 spiro atoms. The van der Waals surface area contributed by atoms with Crippen LogP contribution in [0.25, 0.3) is 103 Å². The first-order valence-corrected chi connectivity index (χ1v) is 18.7. The van der Waals surface area contributed by atoms with Crippen LogP contribution in [0.4, 0.5) is 0 Å². The molecule has 0 radical (unpaired) electrons. The lowest BCUT2D eigenvalue weighted by Crippen LogP contribution is -2.15. The van der Waals surface area contributed by atoms with E-state index in [-0.39, 0.29) is 5.41 Å². The van der Waals surface area contributed by atoms with Gasteiger partial charge >= 0.3 is 0 Å². The molecule has 2 aliphatic rings. The second kappa shape index (κ2) is 9.63. The van der Waals surface area contributed by atoms with E-state index in [1.54, 1.807) is 0 Å². The van der Waals surface area contributed by atoms with E-state index in [1.807, 2.05) is 11.3 Å². The Balaban J connectivity index is 1.15. The van der Waals surface area contributed by atoms with Gasteiger partial charge in [-0.1, -0.05) is 141 Å². The Morgan fingerprint density at radius 2 is 1.10 bits per heavy atom. The molecule has 8 aromatic carbocycles. The van der Waals surface area contributed by atoms with Gasteiger partial charge in [-0.05, 0) is 90.7 Å². The van der Waals surface area contributed by atoms with Gasteiger partial charge < -0.3 is 4.57 Å². The molecule has 0 unspecified atom stereocenters. The van der Waals surface area contributed by atoms with Crippen LogP contribution in [0, 0.1) is 0 Å². The van der Waals surface area contributed by atoms with Gasteiger partial charge in [-0.25, -0.2) is 0 Å². The second-order valence-electron chi connectivity index (χ2n) is 14.8. The Morgan fingerprint density at radius 1 is 0.471 bits per heavy atom. The maximum atomic E-state index is 2.55. The van der Waals surface area contributed by atoms with Crippen molar-refractivity contribution in [3.63, 3.8) is 0 Å². The molecule has 2 heterocycles. The maximum Gasteiger partial charge on any atom is 0.0723 e. The minimum atomic E-state index is -0.143. The topological polar surface area (TPSA) is 4.93 Å². The summed E-state index contributed by atoms with van der Waals surface area (Å²) in [4.78, 5) is 0. The average Bonchev–Trinajstić information content (AvgIpc) is 3.89. The fourth-order valence-corrected chi connectivity index (χ4v) is 11.1. The summed E-state index contributed by atoms with van der Waals surface area (Å²) < 4.78 is 5.26. The number of para-hydroxylation sites is 1. The molecule has 0 fully saturated rings. The summed E-state index contributed by atoms with van der Waals surface area (Å²) in [5, 5.41) is 8.13. The Labute approximate surface area is 299 Å². The molecule has 0 aliphatic heterocycles. The zero-order chi connectivity index (χ0) is 33.6. The SMILES string of the molecule is CC1(C)c2ccccc2-c2c1c1c3ccccc3n(-c3ccc(-c4ccc5c6c(cccc46)-c4ccccc4-5)cc3)c1c1sc3ccccc3c21. The van der Waals surface area contributed by atoms with Gasteiger partial charge in [0.2, 0.25) is 0 Å². The molecule has 12 rings (SSSR count). The van der Waals surface area contributed by atoms with Crippen LogP contribution in [-0.2, 0) is 5.41 Å². The van der Waals surface area contributed by atoms with Gasteiger partial charge in [-0.15, -0.1) is 11.3 Å². The third-order valence-electron chi connectivity index (χ3n) is 11.9. The number of aromatic nitrogens is 1. The Bertz CT molecular complexity index is 3120. The van der Waals surface area contributed by atoms with Gasteiger partial charge in [-0.2, -0.15) is 0 Å². The van der Waals surface area contributed by atoms with Crippen LogP contribution in [0.5, 0.6) is 0 Å². The largest absolute Gasteiger partial charge is 0.308 e. The summed E-state index contributed by atoms with van der Waals surface area (Å²) in [6, 6.07) is 56.7. The number of hydrogen-bond donors (Lipinski definition) is 0. The zero-order valence-corrected chi connectivity index (χ0v) is 29.1. The first-order valence-electron chi connectivity index (χ1n) is 17.9. The van der Waals surface area contributed by atoms with E-state index in [2.05, 4.69) is 170 Å². The molecule has 0 N–H and O–H groups in total. The summed E-state index contributed by atoms with van der Waals surface area (Å²) in [6.45, 7) is 4.85. The third kappa shape index (κ3) is 3.41. The van der Waals surface area contributed by atoms with Crippen molar-refractivity contribution >= 4 is 64.1 Å². The van der Waals surface area contributed by atoms with E-state index in [0.717, 1.165) is 0 Å². The minimum Gasteiger partial charge on any atom is -0.308 e. The predicted molar refractivity (Wildman–Crippen MR) is 219 cm³/mol. The van der Waals surface area contributed by atoms with Crippen LogP contribution in [0.2, 0.25) is 0 Å². The third-order valence-corrected chi connectivity index (χ3v) is 13.1. The molecular weight excluding hydrogens is 635 g/mol. The quantitative estimate of drug-likeness (QED) is 0.173. The number of thiophene rings is 1. The number of nitrogens with zero attached hydrogens (tertiary/aromatic N) is 1. The van der Waals surface area contributed by atoms with Gasteiger partial charge in [0.25, 0.3) is 0 Å². The molecular formula is C49H31NS. The molecule has 1 nitrogen and oxygen atoms in total. The highest BCUT2D eigenvalue weighted by Crippen LogP contribution is 2.59. The van der Waals surface area contributed by atoms with Gasteiger partial charge in [0.05, 0.1) is 15.7 Å². The lowest BCUT2D eigenvalue weighted by Gasteiger charge is -2.23. The molecule has 10 aromatic rings. The summed E-state index contributed by atoms with van der Waals surface area (Å²) in [5.41, 5.74) is 17.2. The first-order chi connectivity index (χ1) is 25.1. The summed E-state index contributed by atoms with van der Waals surface area (Å²) in [6.07, 6.45) is 0. The van der Waals surface area contributed by atoms with Gasteiger partial charge in [0.15, 0.2) is 0 Å². The van der Waals surface area contributed by atoms with Crippen LogP contribution in [-0.4, -0.2) is 4.57 Å². The van der Waals surface area contributed by atoms with Crippen LogP contribution in [0.1, 0.15) is 25.0 Å². The van der Waals surface area contributed by atoms with Crippen molar-refractivity contribution in [2.75, 3.05) is 0 Å². The van der Waals surface area contributed by atoms with Gasteiger partial charge in [-0.3, -0.25) is 0 Å². The molecule has 0 amide bonds. The lowest BCUT2D eigenvalue weighted by molar-refractivity contribution is 0.667. The van der Waals surface area contributed by atoms with E-state index in [9.17, 15) is 0 Å². The van der Waals surface area contributed by atoms with Crippen molar-refractivity contribution in [2.45, 2.75) is 19.3 Å².